The van der Waals surface area contributed by atoms with Crippen LogP contribution in [0.15, 0.2) is 23.6 Å². The molecule has 0 unspecified atom stereocenters. The molecule has 1 aliphatic rings. The molecule has 0 bridgehead atoms. The molecule has 0 radical (unpaired) electrons. The first-order valence-corrected chi connectivity index (χ1v) is 8.14. The maximum Gasteiger partial charge on any atom is 0.253 e. The molecule has 1 amide bonds. The normalized spacial score (nSPS) is 18.1. The van der Waals surface area contributed by atoms with E-state index in [0.29, 0.717) is 10.9 Å². The van der Waals surface area contributed by atoms with Crippen LogP contribution < -0.4 is 0 Å². The fourth-order valence-electron chi connectivity index (χ4n) is 2.46. The SMILES string of the molecule is CC1CCN(C(=O)[C@H](C)Sc2nc3ncccn3n2)CC1. The number of aromatic nitrogens is 4. The Morgan fingerprint density at radius 1 is 1.43 bits per heavy atom. The summed E-state index contributed by atoms with van der Waals surface area (Å²) in [7, 11) is 0. The maximum absolute atomic E-state index is 12.5. The molecule has 3 heterocycles. The van der Waals surface area contributed by atoms with E-state index in [1.165, 1.54) is 11.8 Å². The molecule has 2 aromatic heterocycles. The van der Waals surface area contributed by atoms with Gasteiger partial charge in [0.25, 0.3) is 5.78 Å². The lowest BCUT2D eigenvalue weighted by Gasteiger charge is -2.31. The number of hydrogen-bond acceptors (Lipinski definition) is 5. The van der Waals surface area contributed by atoms with E-state index in [1.54, 1.807) is 23.0 Å². The first-order chi connectivity index (χ1) is 10.1. The molecule has 3 rings (SSSR count). The number of thioether (sulfide) groups is 1. The summed E-state index contributed by atoms with van der Waals surface area (Å²) in [5.74, 6) is 1.47. The Bertz CT molecular complexity index is 602. The van der Waals surface area contributed by atoms with E-state index >= 15 is 0 Å². The Balaban J connectivity index is 1.65. The van der Waals surface area contributed by atoms with Gasteiger partial charge in [-0.2, -0.15) is 4.98 Å². The standard InChI is InChI=1S/C14H19N5OS/c1-10-4-8-18(9-5-10)12(20)11(2)21-14-16-13-15-6-3-7-19(13)17-14/h3,6-7,10-11H,4-5,8-9H2,1-2H3/t11-/m0/s1. The van der Waals surface area contributed by atoms with Crippen LogP contribution in [-0.4, -0.2) is 48.7 Å². The predicted molar refractivity (Wildman–Crippen MR) is 81.1 cm³/mol. The molecule has 0 aliphatic carbocycles. The van der Waals surface area contributed by atoms with Crippen molar-refractivity contribution in [1.29, 1.82) is 0 Å². The number of likely N-dealkylation sites (tertiary alicyclic amines) is 1. The number of fused-ring (bicyclic) bond motifs is 1. The zero-order valence-electron chi connectivity index (χ0n) is 12.3. The molecular formula is C14H19N5OS. The second-order valence-corrected chi connectivity index (χ2v) is 6.83. The van der Waals surface area contributed by atoms with Crippen molar-refractivity contribution in [2.24, 2.45) is 5.92 Å². The van der Waals surface area contributed by atoms with Crippen LogP contribution in [0.25, 0.3) is 5.78 Å². The first-order valence-electron chi connectivity index (χ1n) is 7.26. The Morgan fingerprint density at radius 3 is 2.90 bits per heavy atom. The molecule has 7 heteroatoms. The minimum absolute atomic E-state index is 0.171. The van der Waals surface area contributed by atoms with Gasteiger partial charge in [-0.05, 0) is 31.7 Å². The Kier molecular flexibility index (Phi) is 4.10. The fourth-order valence-corrected chi connectivity index (χ4v) is 3.29. The zero-order chi connectivity index (χ0) is 14.8. The number of rotatable bonds is 3. The predicted octanol–water partition coefficient (Wildman–Crippen LogP) is 1.86. The van der Waals surface area contributed by atoms with E-state index in [0.717, 1.165) is 31.8 Å². The highest BCUT2D eigenvalue weighted by Crippen LogP contribution is 2.24. The Labute approximate surface area is 128 Å². The van der Waals surface area contributed by atoms with Crippen molar-refractivity contribution in [1.82, 2.24) is 24.5 Å². The van der Waals surface area contributed by atoms with Crippen LogP contribution in [0.2, 0.25) is 0 Å². The lowest BCUT2D eigenvalue weighted by molar-refractivity contribution is -0.131. The fraction of sp³-hybridized carbons (Fsp3) is 0.571. The van der Waals surface area contributed by atoms with Crippen molar-refractivity contribution >= 4 is 23.4 Å². The van der Waals surface area contributed by atoms with Crippen LogP contribution in [0.4, 0.5) is 0 Å². The third-order valence-corrected chi connectivity index (χ3v) is 4.76. The van der Waals surface area contributed by atoms with Crippen LogP contribution in [0.3, 0.4) is 0 Å². The van der Waals surface area contributed by atoms with Gasteiger partial charge in [0.05, 0.1) is 5.25 Å². The van der Waals surface area contributed by atoms with Gasteiger partial charge in [0, 0.05) is 25.5 Å². The summed E-state index contributed by atoms with van der Waals surface area (Å²) in [5, 5.41) is 4.75. The molecule has 0 saturated carbocycles. The molecular weight excluding hydrogens is 286 g/mol. The molecule has 0 aromatic carbocycles. The number of nitrogens with zero attached hydrogens (tertiary/aromatic N) is 5. The largest absolute Gasteiger partial charge is 0.342 e. The average Bonchev–Trinajstić information content (AvgIpc) is 2.89. The van der Waals surface area contributed by atoms with Crippen LogP contribution in [0.5, 0.6) is 0 Å². The van der Waals surface area contributed by atoms with Gasteiger partial charge in [0.2, 0.25) is 11.1 Å². The van der Waals surface area contributed by atoms with Gasteiger partial charge in [-0.1, -0.05) is 18.7 Å². The molecule has 0 spiro atoms. The van der Waals surface area contributed by atoms with E-state index < -0.39 is 0 Å². The van der Waals surface area contributed by atoms with E-state index in [1.807, 2.05) is 11.8 Å². The summed E-state index contributed by atoms with van der Waals surface area (Å²) in [6.07, 6.45) is 5.68. The quantitative estimate of drug-likeness (QED) is 0.810. The van der Waals surface area contributed by atoms with Crippen molar-refractivity contribution in [2.45, 2.75) is 37.1 Å². The van der Waals surface area contributed by atoms with Crippen molar-refractivity contribution in [3.05, 3.63) is 18.5 Å². The van der Waals surface area contributed by atoms with E-state index in [4.69, 9.17) is 0 Å². The molecule has 1 aliphatic heterocycles. The van der Waals surface area contributed by atoms with E-state index in [-0.39, 0.29) is 11.2 Å². The summed E-state index contributed by atoms with van der Waals surface area (Å²) in [5.41, 5.74) is 0. The smallest absolute Gasteiger partial charge is 0.253 e. The number of hydrogen-bond donors (Lipinski definition) is 0. The van der Waals surface area contributed by atoms with Gasteiger partial charge in [0.15, 0.2) is 0 Å². The summed E-state index contributed by atoms with van der Waals surface area (Å²) in [4.78, 5) is 22.9. The third-order valence-electron chi connectivity index (χ3n) is 3.82. The highest BCUT2D eigenvalue weighted by molar-refractivity contribution is 8.00. The van der Waals surface area contributed by atoms with E-state index in [9.17, 15) is 4.79 Å². The van der Waals surface area contributed by atoms with Crippen molar-refractivity contribution in [2.75, 3.05) is 13.1 Å². The zero-order valence-corrected chi connectivity index (χ0v) is 13.1. The van der Waals surface area contributed by atoms with Crippen molar-refractivity contribution in [3.63, 3.8) is 0 Å². The van der Waals surface area contributed by atoms with Crippen LogP contribution in [0.1, 0.15) is 26.7 Å². The Morgan fingerprint density at radius 2 is 2.19 bits per heavy atom. The lowest BCUT2D eigenvalue weighted by Crippen LogP contribution is -2.41. The average molecular weight is 305 g/mol. The van der Waals surface area contributed by atoms with Crippen LogP contribution in [-0.2, 0) is 4.79 Å². The van der Waals surface area contributed by atoms with Gasteiger partial charge >= 0.3 is 0 Å². The van der Waals surface area contributed by atoms with Gasteiger partial charge in [-0.25, -0.2) is 9.50 Å². The highest BCUT2D eigenvalue weighted by Gasteiger charge is 2.26. The molecule has 2 aromatic rings. The van der Waals surface area contributed by atoms with Gasteiger partial charge in [0.1, 0.15) is 0 Å². The second-order valence-electron chi connectivity index (χ2n) is 5.53. The number of carbonyl (C=O) groups is 1. The van der Waals surface area contributed by atoms with Gasteiger partial charge in [-0.3, -0.25) is 4.79 Å². The Hall–Kier alpha value is -1.63. The molecule has 21 heavy (non-hydrogen) atoms. The topological polar surface area (TPSA) is 63.4 Å². The van der Waals surface area contributed by atoms with Gasteiger partial charge in [-0.15, -0.1) is 5.10 Å². The van der Waals surface area contributed by atoms with E-state index in [2.05, 4.69) is 22.0 Å². The number of amides is 1. The molecule has 1 atom stereocenters. The molecule has 112 valence electrons. The molecule has 6 nitrogen and oxygen atoms in total. The minimum Gasteiger partial charge on any atom is -0.342 e. The molecule has 1 saturated heterocycles. The second kappa shape index (κ2) is 6.01. The molecule has 1 fully saturated rings. The summed E-state index contributed by atoms with van der Waals surface area (Å²) in [6.45, 7) is 5.90. The minimum atomic E-state index is -0.171. The highest BCUT2D eigenvalue weighted by atomic mass is 32.2. The van der Waals surface area contributed by atoms with Gasteiger partial charge < -0.3 is 4.90 Å². The summed E-state index contributed by atoms with van der Waals surface area (Å²) < 4.78 is 1.63. The monoisotopic (exact) mass is 305 g/mol. The molecule has 0 N–H and O–H groups in total. The third kappa shape index (κ3) is 3.18. The lowest BCUT2D eigenvalue weighted by atomic mass is 9.99. The first kappa shape index (κ1) is 14.3. The summed E-state index contributed by atoms with van der Waals surface area (Å²) >= 11 is 1.40. The maximum atomic E-state index is 12.5. The number of piperidine rings is 1. The van der Waals surface area contributed by atoms with Crippen LogP contribution >= 0.6 is 11.8 Å². The van der Waals surface area contributed by atoms with Crippen LogP contribution in [0, 0.1) is 5.92 Å². The summed E-state index contributed by atoms with van der Waals surface area (Å²) in [6, 6.07) is 1.81. The number of carbonyl (C=O) groups excluding carboxylic acids is 1. The van der Waals surface area contributed by atoms with Crippen molar-refractivity contribution in [3.8, 4) is 0 Å². The van der Waals surface area contributed by atoms with Crippen molar-refractivity contribution < 1.29 is 4.79 Å².